The van der Waals surface area contributed by atoms with Gasteiger partial charge in [-0.15, -0.1) is 0 Å². The first-order chi connectivity index (χ1) is 10.2. The van der Waals surface area contributed by atoms with Gasteiger partial charge in [0.1, 0.15) is 0 Å². The number of anilines is 1. The van der Waals surface area contributed by atoms with Crippen molar-refractivity contribution in [1.29, 1.82) is 0 Å². The summed E-state index contributed by atoms with van der Waals surface area (Å²) in [6, 6.07) is 12.7. The minimum Gasteiger partial charge on any atom is -0.481 e. The minimum atomic E-state index is 0.374. The van der Waals surface area contributed by atoms with Crippen LogP contribution in [0.1, 0.15) is 25.0 Å². The van der Waals surface area contributed by atoms with E-state index in [-0.39, 0.29) is 0 Å². The molecule has 1 heterocycles. The quantitative estimate of drug-likeness (QED) is 0.886. The molecule has 1 aromatic heterocycles. The molecule has 0 atom stereocenters. The van der Waals surface area contributed by atoms with Crippen LogP contribution < -0.4 is 15.4 Å². The third-order valence-corrected chi connectivity index (χ3v) is 3.51. The van der Waals surface area contributed by atoms with Gasteiger partial charge in [0.2, 0.25) is 5.88 Å². The number of hydrogen-bond donors (Lipinski definition) is 1. The Morgan fingerprint density at radius 2 is 1.90 bits per heavy atom. The molecule has 2 N–H and O–H groups in total. The molecule has 2 rings (SSSR count). The summed E-state index contributed by atoms with van der Waals surface area (Å²) in [7, 11) is 1.65. The summed E-state index contributed by atoms with van der Waals surface area (Å²) in [5.41, 5.74) is 9.05. The predicted molar refractivity (Wildman–Crippen MR) is 86.4 cm³/mol. The van der Waals surface area contributed by atoms with E-state index in [0.717, 1.165) is 17.7 Å². The lowest BCUT2D eigenvalue weighted by Gasteiger charge is -2.29. The maximum atomic E-state index is 5.66. The van der Waals surface area contributed by atoms with Crippen LogP contribution in [0.3, 0.4) is 0 Å². The molecule has 0 saturated heterocycles. The molecule has 4 nitrogen and oxygen atoms in total. The SMILES string of the molecule is COc1ncccc1CN(c1ccc(CN)cc1)C(C)C. The van der Waals surface area contributed by atoms with Gasteiger partial charge in [-0.1, -0.05) is 18.2 Å². The average molecular weight is 285 g/mol. The first kappa shape index (κ1) is 15.3. The molecular weight excluding hydrogens is 262 g/mol. The van der Waals surface area contributed by atoms with Crippen molar-refractivity contribution >= 4 is 5.69 Å². The summed E-state index contributed by atoms with van der Waals surface area (Å²) >= 11 is 0. The number of aromatic nitrogens is 1. The topological polar surface area (TPSA) is 51.4 Å². The second-order valence-corrected chi connectivity index (χ2v) is 5.26. The summed E-state index contributed by atoms with van der Waals surface area (Å²) in [5, 5.41) is 0. The van der Waals surface area contributed by atoms with E-state index in [9.17, 15) is 0 Å². The highest BCUT2D eigenvalue weighted by atomic mass is 16.5. The van der Waals surface area contributed by atoms with Crippen LogP contribution in [0.4, 0.5) is 5.69 Å². The standard InChI is InChI=1S/C17H23N3O/c1-13(2)20(16-8-6-14(11-18)7-9-16)12-15-5-4-10-19-17(15)21-3/h4-10,13H,11-12,18H2,1-3H3. The summed E-state index contributed by atoms with van der Waals surface area (Å²) in [5.74, 6) is 0.682. The van der Waals surface area contributed by atoms with Gasteiger partial charge in [0.05, 0.1) is 7.11 Å². The van der Waals surface area contributed by atoms with Crippen LogP contribution in [0.15, 0.2) is 42.6 Å². The van der Waals surface area contributed by atoms with E-state index in [2.05, 4.69) is 54.1 Å². The van der Waals surface area contributed by atoms with Crippen LogP contribution in [0.25, 0.3) is 0 Å². The Bertz CT molecular complexity index is 567. The number of benzene rings is 1. The lowest BCUT2D eigenvalue weighted by Crippen LogP contribution is -2.30. The fourth-order valence-corrected chi connectivity index (χ4v) is 2.31. The largest absolute Gasteiger partial charge is 0.481 e. The van der Waals surface area contributed by atoms with Crippen molar-refractivity contribution in [2.75, 3.05) is 12.0 Å². The van der Waals surface area contributed by atoms with E-state index in [0.29, 0.717) is 18.5 Å². The van der Waals surface area contributed by atoms with Crippen molar-refractivity contribution < 1.29 is 4.74 Å². The van der Waals surface area contributed by atoms with E-state index in [1.165, 1.54) is 5.69 Å². The second kappa shape index (κ2) is 7.09. The van der Waals surface area contributed by atoms with Gasteiger partial charge in [-0.3, -0.25) is 0 Å². The van der Waals surface area contributed by atoms with E-state index in [1.54, 1.807) is 13.3 Å². The monoisotopic (exact) mass is 285 g/mol. The van der Waals surface area contributed by atoms with Crippen LogP contribution in [0.5, 0.6) is 5.88 Å². The Labute approximate surface area is 126 Å². The maximum Gasteiger partial charge on any atom is 0.218 e. The fourth-order valence-electron chi connectivity index (χ4n) is 2.31. The zero-order valence-electron chi connectivity index (χ0n) is 12.9. The van der Waals surface area contributed by atoms with Crippen LogP contribution in [-0.4, -0.2) is 18.1 Å². The van der Waals surface area contributed by atoms with Crippen LogP contribution in [0.2, 0.25) is 0 Å². The van der Waals surface area contributed by atoms with Gasteiger partial charge >= 0.3 is 0 Å². The number of methoxy groups -OCH3 is 1. The number of ether oxygens (including phenoxy) is 1. The second-order valence-electron chi connectivity index (χ2n) is 5.26. The summed E-state index contributed by atoms with van der Waals surface area (Å²) in [6.07, 6.45) is 1.75. The van der Waals surface area contributed by atoms with E-state index in [1.807, 2.05) is 6.07 Å². The molecule has 112 valence electrons. The summed E-state index contributed by atoms with van der Waals surface area (Å²) < 4.78 is 5.34. The third kappa shape index (κ3) is 3.73. The zero-order valence-corrected chi connectivity index (χ0v) is 12.9. The first-order valence-electron chi connectivity index (χ1n) is 7.19. The van der Waals surface area contributed by atoms with Crippen molar-refractivity contribution in [2.45, 2.75) is 33.0 Å². The number of hydrogen-bond acceptors (Lipinski definition) is 4. The number of nitrogens with zero attached hydrogens (tertiary/aromatic N) is 2. The average Bonchev–Trinajstić information content (AvgIpc) is 2.53. The summed E-state index contributed by atoms with van der Waals surface area (Å²) in [4.78, 5) is 6.58. The minimum absolute atomic E-state index is 0.374. The number of nitrogens with two attached hydrogens (primary N) is 1. The predicted octanol–water partition coefficient (Wildman–Crippen LogP) is 2.96. The van der Waals surface area contributed by atoms with Crippen molar-refractivity contribution in [2.24, 2.45) is 5.73 Å². The Kier molecular flexibility index (Phi) is 5.17. The van der Waals surface area contributed by atoms with Crippen molar-refractivity contribution in [3.63, 3.8) is 0 Å². The highest BCUT2D eigenvalue weighted by Crippen LogP contribution is 2.23. The zero-order chi connectivity index (χ0) is 15.2. The third-order valence-electron chi connectivity index (χ3n) is 3.51. The van der Waals surface area contributed by atoms with Gasteiger partial charge in [-0.25, -0.2) is 4.98 Å². The normalized spacial score (nSPS) is 10.7. The highest BCUT2D eigenvalue weighted by molar-refractivity contribution is 5.49. The van der Waals surface area contributed by atoms with E-state index < -0.39 is 0 Å². The molecule has 1 aromatic carbocycles. The van der Waals surface area contributed by atoms with Crippen molar-refractivity contribution in [1.82, 2.24) is 4.98 Å². The van der Waals surface area contributed by atoms with E-state index >= 15 is 0 Å². The van der Waals surface area contributed by atoms with Gasteiger partial charge < -0.3 is 15.4 Å². The molecule has 0 fully saturated rings. The van der Waals surface area contributed by atoms with Crippen molar-refractivity contribution in [3.05, 3.63) is 53.7 Å². The molecule has 21 heavy (non-hydrogen) atoms. The molecule has 0 bridgehead atoms. The van der Waals surface area contributed by atoms with Gasteiger partial charge in [-0.05, 0) is 37.6 Å². The summed E-state index contributed by atoms with van der Waals surface area (Å²) in [6.45, 7) is 5.69. The molecular formula is C17H23N3O. The first-order valence-corrected chi connectivity index (χ1v) is 7.19. The fraction of sp³-hybridized carbons (Fsp3) is 0.353. The smallest absolute Gasteiger partial charge is 0.218 e. The van der Waals surface area contributed by atoms with Gasteiger partial charge in [0, 0.05) is 36.6 Å². The van der Waals surface area contributed by atoms with Gasteiger partial charge in [-0.2, -0.15) is 0 Å². The lowest BCUT2D eigenvalue weighted by molar-refractivity contribution is 0.391. The molecule has 0 aliphatic carbocycles. The number of pyridine rings is 1. The number of rotatable bonds is 6. The van der Waals surface area contributed by atoms with Crippen molar-refractivity contribution in [3.8, 4) is 5.88 Å². The molecule has 0 unspecified atom stereocenters. The maximum absolute atomic E-state index is 5.66. The van der Waals surface area contributed by atoms with E-state index in [4.69, 9.17) is 10.5 Å². The van der Waals surface area contributed by atoms with Gasteiger partial charge in [0.15, 0.2) is 0 Å². The van der Waals surface area contributed by atoms with Crippen LogP contribution in [-0.2, 0) is 13.1 Å². The Balaban J connectivity index is 2.26. The molecule has 0 aliphatic rings. The Morgan fingerprint density at radius 1 is 1.19 bits per heavy atom. The van der Waals surface area contributed by atoms with Crippen LogP contribution >= 0.6 is 0 Å². The van der Waals surface area contributed by atoms with Crippen LogP contribution in [0, 0.1) is 0 Å². The molecule has 0 saturated carbocycles. The molecule has 0 radical (unpaired) electrons. The molecule has 0 aliphatic heterocycles. The van der Waals surface area contributed by atoms with Gasteiger partial charge in [0.25, 0.3) is 0 Å². The highest BCUT2D eigenvalue weighted by Gasteiger charge is 2.14. The molecule has 4 heteroatoms. The molecule has 0 amide bonds. The Hall–Kier alpha value is -2.07. The molecule has 2 aromatic rings. The Morgan fingerprint density at radius 3 is 2.48 bits per heavy atom. The molecule has 0 spiro atoms. The lowest BCUT2D eigenvalue weighted by atomic mass is 10.1.